The fourth-order valence-corrected chi connectivity index (χ4v) is 2.91. The van der Waals surface area contributed by atoms with E-state index in [-0.39, 0.29) is 40.6 Å². The molecule has 4 rings (SSSR count). The van der Waals surface area contributed by atoms with Crippen molar-refractivity contribution in [2.75, 3.05) is 11.1 Å². The van der Waals surface area contributed by atoms with Crippen LogP contribution in [-0.2, 0) is 6.54 Å². The van der Waals surface area contributed by atoms with Crippen molar-refractivity contribution in [3.63, 3.8) is 0 Å². The third-order valence-electron chi connectivity index (χ3n) is 4.53. The third-order valence-corrected chi connectivity index (χ3v) is 4.53. The molecule has 11 nitrogen and oxygen atoms in total. The van der Waals surface area contributed by atoms with Gasteiger partial charge in [0.2, 0.25) is 0 Å². The van der Waals surface area contributed by atoms with Gasteiger partial charge < -0.3 is 21.5 Å². The first-order valence-corrected chi connectivity index (χ1v) is 8.75. The van der Waals surface area contributed by atoms with Crippen LogP contribution in [0, 0.1) is 5.82 Å². The van der Waals surface area contributed by atoms with Gasteiger partial charge in [0, 0.05) is 12.6 Å². The number of hydrogen-bond donors (Lipinski definition) is 4. The summed E-state index contributed by atoms with van der Waals surface area (Å²) in [6.07, 6.45) is 2.58. The topological polar surface area (TPSA) is 169 Å². The Bertz CT molecular complexity index is 1440. The van der Waals surface area contributed by atoms with E-state index in [4.69, 9.17) is 5.73 Å². The molecule has 0 unspecified atom stereocenters. The van der Waals surface area contributed by atoms with Gasteiger partial charge in [0.25, 0.3) is 16.8 Å². The van der Waals surface area contributed by atoms with E-state index in [2.05, 4.69) is 20.6 Å². The van der Waals surface area contributed by atoms with E-state index >= 15 is 0 Å². The number of rotatable bonds is 6. The number of hydrogen-bond acceptors (Lipinski definition) is 8. The molecule has 2 aromatic carbocycles. The second-order valence-electron chi connectivity index (χ2n) is 6.52. The smallest absolute Gasteiger partial charge is 0.353 e. The van der Waals surface area contributed by atoms with Gasteiger partial charge in [0.05, 0.1) is 11.9 Å². The number of benzene rings is 1. The standard InChI is InChI=1S/C19H13FN6O5/c20-9-2-1-8(3-10(9)25-15-14(21)16(27)17(15)28)5-23-18(29)11-4-12(19(30)31)26-7-22-6-13(26)24-11/h1-4,6-7,25H,5,21H2,(H,23,29)(H,30,31). The average Bonchev–Trinajstić information content (AvgIpc) is 3.24. The highest BCUT2D eigenvalue weighted by atomic mass is 19.1. The first-order chi connectivity index (χ1) is 14.8. The molecular weight excluding hydrogens is 411 g/mol. The summed E-state index contributed by atoms with van der Waals surface area (Å²) in [4.78, 5) is 54.5. The summed E-state index contributed by atoms with van der Waals surface area (Å²) in [7, 11) is 0. The number of fused-ring (bicyclic) bond motifs is 1. The Kier molecular flexibility index (Phi) is 4.66. The number of carbonyl (C=O) groups excluding carboxylic acids is 1. The van der Waals surface area contributed by atoms with Crippen molar-refractivity contribution in [2.45, 2.75) is 6.54 Å². The number of nitrogens with zero attached hydrogens (tertiary/aromatic N) is 3. The maximum absolute atomic E-state index is 14.1. The van der Waals surface area contributed by atoms with Gasteiger partial charge in [-0.05, 0) is 17.7 Å². The Morgan fingerprint density at radius 2 is 1.97 bits per heavy atom. The minimum absolute atomic E-state index is 0.0519. The average molecular weight is 424 g/mol. The monoisotopic (exact) mass is 424 g/mol. The van der Waals surface area contributed by atoms with E-state index in [0.717, 1.165) is 12.1 Å². The summed E-state index contributed by atoms with van der Waals surface area (Å²) in [6, 6.07) is 4.97. The highest BCUT2D eigenvalue weighted by Crippen LogP contribution is 2.22. The van der Waals surface area contributed by atoms with Crippen LogP contribution in [0.1, 0.15) is 26.5 Å². The summed E-state index contributed by atoms with van der Waals surface area (Å²) in [6.45, 7) is -0.0519. The van der Waals surface area contributed by atoms with E-state index < -0.39 is 28.6 Å². The van der Waals surface area contributed by atoms with Crippen molar-refractivity contribution in [1.82, 2.24) is 19.7 Å². The molecule has 156 valence electrons. The molecule has 2 heterocycles. The number of imidazole rings is 1. The summed E-state index contributed by atoms with van der Waals surface area (Å²) in [5.74, 6) is -2.61. The lowest BCUT2D eigenvalue weighted by Gasteiger charge is -2.12. The van der Waals surface area contributed by atoms with Crippen molar-refractivity contribution in [1.29, 1.82) is 0 Å². The lowest BCUT2D eigenvalue weighted by molar-refractivity contribution is 0.0688. The first-order valence-electron chi connectivity index (χ1n) is 8.75. The molecule has 0 aliphatic carbocycles. The zero-order valence-electron chi connectivity index (χ0n) is 15.5. The van der Waals surface area contributed by atoms with Gasteiger partial charge in [-0.15, -0.1) is 0 Å². The predicted molar refractivity (Wildman–Crippen MR) is 107 cm³/mol. The Labute approximate surface area is 171 Å². The molecule has 0 aliphatic heterocycles. The van der Waals surface area contributed by atoms with Gasteiger partial charge in [0.15, 0.2) is 5.65 Å². The van der Waals surface area contributed by atoms with E-state index in [1.807, 2.05) is 0 Å². The molecule has 0 spiro atoms. The number of carbonyl (C=O) groups is 2. The molecule has 0 radical (unpaired) electrons. The summed E-state index contributed by atoms with van der Waals surface area (Å²) >= 11 is 0. The number of nitrogen functional groups attached to an aromatic ring is 1. The molecule has 4 aromatic rings. The molecule has 0 saturated heterocycles. The van der Waals surface area contributed by atoms with E-state index in [1.54, 1.807) is 0 Å². The van der Waals surface area contributed by atoms with Crippen molar-refractivity contribution in [3.05, 3.63) is 80.0 Å². The van der Waals surface area contributed by atoms with Crippen molar-refractivity contribution >= 4 is 34.6 Å². The minimum Gasteiger partial charge on any atom is -0.477 e. The number of nitrogens with one attached hydrogen (secondary N) is 2. The molecule has 31 heavy (non-hydrogen) atoms. The number of nitrogens with two attached hydrogens (primary N) is 1. The van der Waals surface area contributed by atoms with Crippen molar-refractivity contribution in [3.8, 4) is 0 Å². The number of aromatic carboxylic acids is 1. The maximum Gasteiger partial charge on any atom is 0.353 e. The zero-order chi connectivity index (χ0) is 22.3. The number of amides is 1. The molecule has 2 aromatic heterocycles. The fraction of sp³-hybridized carbons (Fsp3) is 0.0526. The Hall–Kier alpha value is -4.61. The zero-order valence-corrected chi connectivity index (χ0v) is 15.5. The highest BCUT2D eigenvalue weighted by molar-refractivity contribution is 5.96. The van der Waals surface area contributed by atoms with Gasteiger partial charge >= 0.3 is 5.97 Å². The highest BCUT2D eigenvalue weighted by Gasteiger charge is 2.20. The largest absolute Gasteiger partial charge is 0.477 e. The van der Waals surface area contributed by atoms with Crippen LogP contribution in [0.3, 0.4) is 0 Å². The third kappa shape index (κ3) is 3.46. The van der Waals surface area contributed by atoms with E-state index in [9.17, 15) is 28.7 Å². The van der Waals surface area contributed by atoms with Crippen molar-refractivity contribution < 1.29 is 19.1 Å². The number of aromatic nitrogens is 3. The van der Waals surface area contributed by atoms with Crippen LogP contribution in [-0.4, -0.2) is 31.4 Å². The molecule has 0 aliphatic rings. The van der Waals surface area contributed by atoms with E-state index in [0.29, 0.717) is 5.56 Å². The van der Waals surface area contributed by atoms with Crippen LogP contribution < -0.4 is 27.2 Å². The van der Waals surface area contributed by atoms with Gasteiger partial charge in [-0.3, -0.25) is 18.8 Å². The Balaban J connectivity index is 1.52. The number of halogens is 1. The van der Waals surface area contributed by atoms with Gasteiger partial charge in [-0.2, -0.15) is 0 Å². The molecule has 0 fully saturated rings. The molecule has 0 atom stereocenters. The number of anilines is 3. The second-order valence-corrected chi connectivity index (χ2v) is 6.52. The Morgan fingerprint density at radius 3 is 2.68 bits per heavy atom. The summed E-state index contributed by atoms with van der Waals surface area (Å²) in [5.41, 5.74) is 3.50. The van der Waals surface area contributed by atoms with Gasteiger partial charge in [0.1, 0.15) is 34.9 Å². The summed E-state index contributed by atoms with van der Waals surface area (Å²) < 4.78 is 15.3. The van der Waals surface area contributed by atoms with Gasteiger partial charge in [-0.1, -0.05) is 6.07 Å². The van der Waals surface area contributed by atoms with Gasteiger partial charge in [-0.25, -0.2) is 19.2 Å². The quantitative estimate of drug-likeness (QED) is 0.320. The first kappa shape index (κ1) is 19.7. The Morgan fingerprint density at radius 1 is 1.19 bits per heavy atom. The molecule has 1 amide bonds. The SMILES string of the molecule is Nc1c(Nc2cc(CNC(=O)c3cc(C(=O)O)n4cncc4n3)ccc2F)c(=O)c1=O. The molecule has 5 N–H and O–H groups in total. The lowest BCUT2D eigenvalue weighted by Crippen LogP contribution is -2.36. The van der Waals surface area contributed by atoms with Crippen LogP contribution in [0.15, 0.2) is 46.4 Å². The maximum atomic E-state index is 14.1. The predicted octanol–water partition coefficient (Wildman–Crippen LogP) is 0.418. The normalized spacial score (nSPS) is 11.0. The van der Waals surface area contributed by atoms with Crippen molar-refractivity contribution in [2.24, 2.45) is 0 Å². The number of carboxylic acids is 1. The lowest BCUT2D eigenvalue weighted by atomic mass is 10.1. The number of carboxylic acid groups (broad SMARTS) is 1. The van der Waals surface area contributed by atoms with Crippen LogP contribution in [0.4, 0.5) is 21.5 Å². The summed E-state index contributed by atoms with van der Waals surface area (Å²) in [5, 5.41) is 14.4. The second kappa shape index (κ2) is 7.33. The van der Waals surface area contributed by atoms with Crippen LogP contribution in [0.2, 0.25) is 0 Å². The van der Waals surface area contributed by atoms with Crippen LogP contribution in [0.25, 0.3) is 5.65 Å². The molecule has 12 heteroatoms. The fourth-order valence-electron chi connectivity index (χ4n) is 2.91. The molecule has 0 bridgehead atoms. The van der Waals surface area contributed by atoms with E-state index in [1.165, 1.54) is 29.1 Å². The molecular formula is C19H13FN6O5. The van der Waals surface area contributed by atoms with Crippen LogP contribution in [0.5, 0.6) is 0 Å². The van der Waals surface area contributed by atoms with Crippen LogP contribution >= 0.6 is 0 Å². The minimum atomic E-state index is -1.26. The molecule has 0 saturated carbocycles.